The lowest BCUT2D eigenvalue weighted by Gasteiger charge is -2.12. The molecular weight excluding hydrogens is 336 g/mol. The first-order valence-corrected chi connectivity index (χ1v) is 9.01. The molecule has 0 atom stereocenters. The number of hydrogen-bond donors (Lipinski definition) is 1. The number of carbonyl (C=O) groups excluding carboxylic acids is 1. The van der Waals surface area contributed by atoms with Crippen LogP contribution < -0.4 is 5.32 Å². The molecule has 0 bridgehead atoms. The third-order valence-corrected chi connectivity index (χ3v) is 4.60. The molecule has 0 radical (unpaired) electrons. The van der Waals surface area contributed by atoms with Gasteiger partial charge in [0.1, 0.15) is 11.5 Å². The smallest absolute Gasteiger partial charge is 0.256 e. The van der Waals surface area contributed by atoms with Gasteiger partial charge in [-0.25, -0.2) is 4.98 Å². The molecule has 2 aromatic carbocycles. The Hall–Kier alpha value is -3.40. The Kier molecular flexibility index (Phi) is 4.47. The molecule has 0 aliphatic heterocycles. The van der Waals surface area contributed by atoms with E-state index in [0.717, 1.165) is 34.3 Å². The van der Waals surface area contributed by atoms with Crippen LogP contribution in [0.5, 0.6) is 0 Å². The highest BCUT2D eigenvalue weighted by Gasteiger charge is 2.16. The molecule has 4 rings (SSSR count). The van der Waals surface area contributed by atoms with E-state index in [2.05, 4.69) is 17.2 Å². The minimum atomic E-state index is -0.154. The van der Waals surface area contributed by atoms with Crippen LogP contribution in [0.4, 0.5) is 5.69 Å². The molecule has 0 saturated carbocycles. The Morgan fingerprint density at radius 2 is 1.81 bits per heavy atom. The molecule has 4 nitrogen and oxygen atoms in total. The molecule has 4 aromatic rings. The zero-order valence-electron chi connectivity index (χ0n) is 15.3. The van der Waals surface area contributed by atoms with Crippen molar-refractivity contribution in [3.63, 3.8) is 0 Å². The largest absolute Gasteiger partial charge is 0.460 e. The molecule has 2 heterocycles. The normalized spacial score (nSPS) is 10.9. The van der Waals surface area contributed by atoms with Crippen molar-refractivity contribution < 1.29 is 9.21 Å². The second-order valence-electron chi connectivity index (χ2n) is 6.45. The number of benzene rings is 2. The molecule has 1 amide bonds. The van der Waals surface area contributed by atoms with Crippen molar-refractivity contribution in [1.82, 2.24) is 4.98 Å². The van der Waals surface area contributed by atoms with Gasteiger partial charge in [-0.2, -0.15) is 0 Å². The maximum atomic E-state index is 13.1. The lowest BCUT2D eigenvalue weighted by atomic mass is 10.1. The van der Waals surface area contributed by atoms with Crippen LogP contribution in [0.2, 0.25) is 0 Å². The molecule has 1 N–H and O–H groups in total. The number of nitrogens with one attached hydrogen (secondary N) is 1. The van der Waals surface area contributed by atoms with Crippen LogP contribution in [0.15, 0.2) is 71.1 Å². The molecular formula is C23H20N2O2. The van der Waals surface area contributed by atoms with Crippen LogP contribution in [-0.4, -0.2) is 10.9 Å². The van der Waals surface area contributed by atoms with E-state index >= 15 is 0 Å². The second kappa shape index (κ2) is 7.08. The van der Waals surface area contributed by atoms with Crippen molar-refractivity contribution >= 4 is 22.5 Å². The summed E-state index contributed by atoms with van der Waals surface area (Å²) in [5.41, 5.74) is 3.93. The fourth-order valence-electron chi connectivity index (χ4n) is 3.20. The highest BCUT2D eigenvalue weighted by molar-refractivity contribution is 6.13. The predicted molar refractivity (Wildman–Crippen MR) is 108 cm³/mol. The number of fused-ring (bicyclic) bond motifs is 1. The standard InChI is InChI=1S/C23H20N2O2/c1-3-16-8-4-6-10-19(16)25-23(26)18-14-21(22-13-12-15(2)27-22)24-20-11-7-5-9-17(18)20/h4-14H,3H2,1-2H3,(H,25,26). The number of amides is 1. The maximum absolute atomic E-state index is 13.1. The summed E-state index contributed by atoms with van der Waals surface area (Å²) in [5.74, 6) is 1.31. The summed E-state index contributed by atoms with van der Waals surface area (Å²) in [7, 11) is 0. The summed E-state index contributed by atoms with van der Waals surface area (Å²) in [5, 5.41) is 3.87. The average Bonchev–Trinajstić information content (AvgIpc) is 3.14. The fraction of sp³-hybridized carbons (Fsp3) is 0.130. The number of pyridine rings is 1. The van der Waals surface area contributed by atoms with E-state index in [4.69, 9.17) is 4.42 Å². The molecule has 2 aromatic heterocycles. The molecule has 0 unspecified atom stereocenters. The molecule has 0 saturated heterocycles. The first kappa shape index (κ1) is 17.0. The van der Waals surface area contributed by atoms with Gasteiger partial charge in [0.05, 0.1) is 11.1 Å². The molecule has 0 aliphatic rings. The molecule has 4 heteroatoms. The number of aryl methyl sites for hydroxylation is 2. The average molecular weight is 356 g/mol. The van der Waals surface area contributed by atoms with E-state index < -0.39 is 0 Å². The minimum absolute atomic E-state index is 0.154. The first-order chi connectivity index (χ1) is 13.2. The fourth-order valence-corrected chi connectivity index (χ4v) is 3.20. The summed E-state index contributed by atoms with van der Waals surface area (Å²) >= 11 is 0. The van der Waals surface area contributed by atoms with Crippen molar-refractivity contribution in [2.24, 2.45) is 0 Å². The van der Waals surface area contributed by atoms with Gasteiger partial charge < -0.3 is 9.73 Å². The number of nitrogens with zero attached hydrogens (tertiary/aromatic N) is 1. The predicted octanol–water partition coefficient (Wildman–Crippen LogP) is 5.62. The van der Waals surface area contributed by atoms with Gasteiger partial charge in [-0.15, -0.1) is 0 Å². The van der Waals surface area contributed by atoms with Crippen LogP contribution in [0, 0.1) is 6.92 Å². The van der Waals surface area contributed by atoms with Crippen molar-refractivity contribution in [2.45, 2.75) is 20.3 Å². The van der Waals surface area contributed by atoms with Gasteiger partial charge in [0.2, 0.25) is 0 Å². The summed E-state index contributed by atoms with van der Waals surface area (Å²) in [6, 6.07) is 21.1. The lowest BCUT2D eigenvalue weighted by Crippen LogP contribution is -2.14. The van der Waals surface area contributed by atoms with E-state index in [1.165, 1.54) is 0 Å². The molecule has 0 fully saturated rings. The van der Waals surface area contributed by atoms with Crippen molar-refractivity contribution in [1.29, 1.82) is 0 Å². The third kappa shape index (κ3) is 3.34. The Morgan fingerprint density at radius 3 is 2.59 bits per heavy atom. The zero-order chi connectivity index (χ0) is 18.8. The lowest BCUT2D eigenvalue weighted by molar-refractivity contribution is 0.102. The van der Waals surface area contributed by atoms with E-state index in [1.54, 1.807) is 6.07 Å². The summed E-state index contributed by atoms with van der Waals surface area (Å²) in [6.07, 6.45) is 0.852. The van der Waals surface area contributed by atoms with Gasteiger partial charge in [-0.05, 0) is 49.2 Å². The Balaban J connectivity index is 1.81. The van der Waals surface area contributed by atoms with Crippen molar-refractivity contribution in [3.8, 4) is 11.5 Å². The monoisotopic (exact) mass is 356 g/mol. The number of rotatable bonds is 4. The molecule has 134 valence electrons. The maximum Gasteiger partial charge on any atom is 0.256 e. The number of hydrogen-bond acceptors (Lipinski definition) is 3. The SMILES string of the molecule is CCc1ccccc1NC(=O)c1cc(-c2ccc(C)o2)nc2ccccc12. The minimum Gasteiger partial charge on any atom is -0.460 e. The van der Waals surface area contributed by atoms with Crippen molar-refractivity contribution in [2.75, 3.05) is 5.32 Å². The van der Waals surface area contributed by atoms with Gasteiger partial charge in [0, 0.05) is 11.1 Å². The molecule has 0 spiro atoms. The number of anilines is 1. The van der Waals surface area contributed by atoms with Crippen LogP contribution in [0.1, 0.15) is 28.6 Å². The number of furan rings is 1. The summed E-state index contributed by atoms with van der Waals surface area (Å²) < 4.78 is 5.71. The van der Waals surface area contributed by atoms with E-state index in [-0.39, 0.29) is 5.91 Å². The second-order valence-corrected chi connectivity index (χ2v) is 6.45. The summed E-state index contributed by atoms with van der Waals surface area (Å²) in [4.78, 5) is 17.8. The number of carbonyl (C=O) groups is 1. The summed E-state index contributed by atoms with van der Waals surface area (Å²) in [6.45, 7) is 3.96. The van der Waals surface area contributed by atoms with E-state index in [9.17, 15) is 4.79 Å². The van der Waals surface area contributed by atoms with Crippen LogP contribution in [0.3, 0.4) is 0 Å². The van der Waals surface area contributed by atoms with Crippen LogP contribution >= 0.6 is 0 Å². The van der Waals surface area contributed by atoms with Gasteiger partial charge >= 0.3 is 0 Å². The first-order valence-electron chi connectivity index (χ1n) is 9.01. The van der Waals surface area contributed by atoms with Gasteiger partial charge in [0.25, 0.3) is 5.91 Å². The Morgan fingerprint density at radius 1 is 1.04 bits per heavy atom. The zero-order valence-corrected chi connectivity index (χ0v) is 15.3. The topological polar surface area (TPSA) is 55.1 Å². The third-order valence-electron chi connectivity index (χ3n) is 4.60. The van der Waals surface area contributed by atoms with Crippen LogP contribution in [-0.2, 0) is 6.42 Å². The Bertz CT molecular complexity index is 1130. The highest BCUT2D eigenvalue weighted by Crippen LogP contribution is 2.27. The quantitative estimate of drug-likeness (QED) is 0.516. The number of aromatic nitrogens is 1. The van der Waals surface area contributed by atoms with Gasteiger partial charge in [0.15, 0.2) is 5.76 Å². The Labute approximate surface area is 157 Å². The van der Waals surface area contributed by atoms with E-state index in [0.29, 0.717) is 17.0 Å². The van der Waals surface area contributed by atoms with E-state index in [1.807, 2.05) is 67.6 Å². The molecule has 27 heavy (non-hydrogen) atoms. The van der Waals surface area contributed by atoms with Gasteiger partial charge in [-0.1, -0.05) is 43.3 Å². The number of para-hydroxylation sites is 2. The van der Waals surface area contributed by atoms with Crippen molar-refractivity contribution in [3.05, 3.63) is 83.6 Å². The van der Waals surface area contributed by atoms with Gasteiger partial charge in [-0.3, -0.25) is 4.79 Å². The van der Waals surface area contributed by atoms with Crippen LogP contribution in [0.25, 0.3) is 22.4 Å². The highest BCUT2D eigenvalue weighted by atomic mass is 16.3. The molecule has 0 aliphatic carbocycles.